The van der Waals surface area contributed by atoms with Crippen molar-refractivity contribution >= 4 is 11.8 Å². The Kier molecular flexibility index (Phi) is 4.98. The van der Waals surface area contributed by atoms with Gasteiger partial charge in [0.1, 0.15) is 0 Å². The van der Waals surface area contributed by atoms with Gasteiger partial charge in [-0.2, -0.15) is 0 Å². The van der Waals surface area contributed by atoms with Crippen LogP contribution in [0.2, 0.25) is 0 Å². The van der Waals surface area contributed by atoms with E-state index in [0.29, 0.717) is 30.5 Å². The zero-order valence-electron chi connectivity index (χ0n) is 13.6. The largest absolute Gasteiger partial charge is 0.356 e. The Balaban J connectivity index is 2.01. The number of benzene rings is 1. The van der Waals surface area contributed by atoms with E-state index in [9.17, 15) is 9.59 Å². The highest BCUT2D eigenvalue weighted by atomic mass is 16.7. The van der Waals surface area contributed by atoms with Crippen LogP contribution < -0.4 is 0 Å². The third-order valence-electron chi connectivity index (χ3n) is 4.14. The minimum absolute atomic E-state index is 0.105. The first-order chi connectivity index (χ1) is 10.4. The molecule has 0 N–H and O–H groups in total. The summed E-state index contributed by atoms with van der Waals surface area (Å²) in [6, 6.07) is 6.96. The molecule has 0 atom stereocenters. The Morgan fingerprint density at radius 1 is 1.05 bits per heavy atom. The highest BCUT2D eigenvalue weighted by Gasteiger charge is 2.36. The van der Waals surface area contributed by atoms with Crippen molar-refractivity contribution in [2.75, 3.05) is 20.8 Å². The lowest BCUT2D eigenvalue weighted by Gasteiger charge is -2.29. The Labute approximate surface area is 131 Å². The van der Waals surface area contributed by atoms with E-state index >= 15 is 0 Å². The molecule has 120 valence electrons. The molecule has 22 heavy (non-hydrogen) atoms. The minimum atomic E-state index is -0.280. The van der Waals surface area contributed by atoms with Crippen LogP contribution in [0.15, 0.2) is 24.3 Å². The maximum Gasteiger partial charge on any atom is 0.261 e. The molecule has 0 bridgehead atoms. The van der Waals surface area contributed by atoms with Crippen molar-refractivity contribution in [1.29, 1.82) is 0 Å². The summed E-state index contributed by atoms with van der Waals surface area (Å²) in [5.74, 6) is -0.405. The van der Waals surface area contributed by atoms with Gasteiger partial charge in [0.25, 0.3) is 11.8 Å². The number of fused-ring (bicyclic) bond motifs is 1. The fraction of sp³-hybridized carbons (Fsp3) is 0.529. The third kappa shape index (κ3) is 3.36. The van der Waals surface area contributed by atoms with Crippen molar-refractivity contribution in [2.24, 2.45) is 5.41 Å². The van der Waals surface area contributed by atoms with E-state index in [4.69, 9.17) is 9.47 Å². The average molecular weight is 305 g/mol. The van der Waals surface area contributed by atoms with E-state index in [0.717, 1.165) is 0 Å². The van der Waals surface area contributed by atoms with Crippen LogP contribution in [0.5, 0.6) is 0 Å². The van der Waals surface area contributed by atoms with Crippen molar-refractivity contribution in [3.05, 3.63) is 35.4 Å². The number of imide groups is 1. The molecular weight excluding hydrogens is 282 g/mol. The second-order valence-corrected chi connectivity index (χ2v) is 6.33. The first-order valence-electron chi connectivity index (χ1n) is 7.40. The summed E-state index contributed by atoms with van der Waals surface area (Å²) in [5.41, 5.74) is 0.889. The Morgan fingerprint density at radius 3 is 2.00 bits per heavy atom. The molecule has 2 rings (SSSR count). The molecule has 0 saturated carbocycles. The smallest absolute Gasteiger partial charge is 0.261 e. The molecule has 1 aromatic carbocycles. The first-order valence-corrected chi connectivity index (χ1v) is 7.40. The Morgan fingerprint density at radius 2 is 1.55 bits per heavy atom. The van der Waals surface area contributed by atoms with Crippen LogP contribution in [0.4, 0.5) is 0 Å². The van der Waals surface area contributed by atoms with E-state index in [1.54, 1.807) is 38.5 Å². The number of hydrogen-bond acceptors (Lipinski definition) is 4. The SMILES string of the molecule is COC(CC(C)(C)CCN1C(=O)c2ccccc2C1=O)OC. The quantitative estimate of drug-likeness (QED) is 0.574. The molecule has 0 radical (unpaired) electrons. The summed E-state index contributed by atoms with van der Waals surface area (Å²) in [6.07, 6.45) is 1.11. The van der Waals surface area contributed by atoms with Crippen LogP contribution in [0.3, 0.4) is 0 Å². The van der Waals surface area contributed by atoms with E-state index in [1.165, 1.54) is 4.90 Å². The molecule has 1 aromatic rings. The molecule has 0 aliphatic carbocycles. The molecule has 0 saturated heterocycles. The molecule has 0 spiro atoms. The number of ether oxygens (including phenoxy) is 2. The fourth-order valence-corrected chi connectivity index (χ4v) is 2.67. The first kappa shape index (κ1) is 16.6. The average Bonchev–Trinajstić information content (AvgIpc) is 2.75. The van der Waals surface area contributed by atoms with Crippen LogP contribution >= 0.6 is 0 Å². The standard InChI is InChI=1S/C17H23NO4/c1-17(2,11-14(21-3)22-4)9-10-18-15(19)12-7-5-6-8-13(12)16(18)20/h5-8,14H,9-11H2,1-4H3. The molecule has 1 aliphatic rings. The van der Waals surface area contributed by atoms with Crippen LogP contribution in [0.1, 0.15) is 47.4 Å². The lowest BCUT2D eigenvalue weighted by molar-refractivity contribution is -0.123. The normalized spacial score (nSPS) is 14.9. The molecule has 1 aliphatic heterocycles. The van der Waals surface area contributed by atoms with Gasteiger partial charge < -0.3 is 9.47 Å². The van der Waals surface area contributed by atoms with Crippen LogP contribution in [-0.4, -0.2) is 43.8 Å². The predicted molar refractivity (Wildman–Crippen MR) is 82.6 cm³/mol. The van der Waals surface area contributed by atoms with Gasteiger partial charge in [0.2, 0.25) is 0 Å². The summed E-state index contributed by atoms with van der Waals surface area (Å²) in [6.45, 7) is 4.56. The number of carbonyl (C=O) groups excluding carboxylic acids is 2. The molecule has 0 unspecified atom stereocenters. The number of amides is 2. The van der Waals surface area contributed by atoms with Crippen LogP contribution in [-0.2, 0) is 9.47 Å². The van der Waals surface area contributed by atoms with E-state index in [-0.39, 0.29) is 23.5 Å². The van der Waals surface area contributed by atoms with Crippen LogP contribution in [0.25, 0.3) is 0 Å². The summed E-state index contributed by atoms with van der Waals surface area (Å²) >= 11 is 0. The van der Waals surface area contributed by atoms with Gasteiger partial charge in [0.15, 0.2) is 6.29 Å². The second-order valence-electron chi connectivity index (χ2n) is 6.33. The predicted octanol–water partition coefficient (Wildman–Crippen LogP) is 2.71. The highest BCUT2D eigenvalue weighted by Crippen LogP contribution is 2.30. The molecule has 5 heteroatoms. The van der Waals surface area contributed by atoms with Crippen molar-refractivity contribution < 1.29 is 19.1 Å². The maximum atomic E-state index is 12.3. The van der Waals surface area contributed by atoms with Gasteiger partial charge in [0.05, 0.1) is 11.1 Å². The summed E-state index contributed by atoms with van der Waals surface area (Å²) < 4.78 is 10.5. The molecule has 1 heterocycles. The Bertz CT molecular complexity index is 529. The molecule has 5 nitrogen and oxygen atoms in total. The second kappa shape index (κ2) is 6.58. The Hall–Kier alpha value is -1.72. The third-order valence-corrected chi connectivity index (χ3v) is 4.14. The van der Waals surface area contributed by atoms with Crippen molar-refractivity contribution in [2.45, 2.75) is 33.0 Å². The summed E-state index contributed by atoms with van der Waals surface area (Å²) in [5, 5.41) is 0. The highest BCUT2D eigenvalue weighted by molar-refractivity contribution is 6.21. The lowest BCUT2D eigenvalue weighted by atomic mass is 9.85. The molecule has 0 fully saturated rings. The number of carbonyl (C=O) groups is 2. The van der Waals surface area contributed by atoms with E-state index in [1.807, 2.05) is 0 Å². The minimum Gasteiger partial charge on any atom is -0.356 e. The zero-order valence-corrected chi connectivity index (χ0v) is 13.6. The topological polar surface area (TPSA) is 55.8 Å². The number of nitrogens with zero attached hydrogens (tertiary/aromatic N) is 1. The van der Waals surface area contributed by atoms with Gasteiger partial charge >= 0.3 is 0 Å². The van der Waals surface area contributed by atoms with Gasteiger partial charge in [-0.3, -0.25) is 14.5 Å². The fourth-order valence-electron chi connectivity index (χ4n) is 2.67. The van der Waals surface area contributed by atoms with Crippen molar-refractivity contribution in [1.82, 2.24) is 4.90 Å². The van der Waals surface area contributed by atoms with Gasteiger partial charge in [-0.05, 0) is 24.0 Å². The summed E-state index contributed by atoms with van der Waals surface area (Å²) in [4.78, 5) is 26.0. The van der Waals surface area contributed by atoms with Gasteiger partial charge in [-0.15, -0.1) is 0 Å². The van der Waals surface area contributed by atoms with Gasteiger partial charge in [-0.25, -0.2) is 0 Å². The molecule has 2 amide bonds. The number of methoxy groups -OCH3 is 2. The molecular formula is C17H23NO4. The van der Waals surface area contributed by atoms with Gasteiger partial charge in [-0.1, -0.05) is 26.0 Å². The number of hydrogen-bond donors (Lipinski definition) is 0. The lowest BCUT2D eigenvalue weighted by Crippen LogP contribution is -2.34. The van der Waals surface area contributed by atoms with E-state index < -0.39 is 0 Å². The number of rotatable bonds is 7. The molecule has 0 aromatic heterocycles. The van der Waals surface area contributed by atoms with Crippen LogP contribution in [0, 0.1) is 5.41 Å². The summed E-state index contributed by atoms with van der Waals surface area (Å²) in [7, 11) is 3.21. The zero-order chi connectivity index (χ0) is 16.3. The van der Waals surface area contributed by atoms with Crippen molar-refractivity contribution in [3.8, 4) is 0 Å². The monoisotopic (exact) mass is 305 g/mol. The van der Waals surface area contributed by atoms with Crippen molar-refractivity contribution in [3.63, 3.8) is 0 Å². The van der Waals surface area contributed by atoms with Gasteiger partial charge in [0, 0.05) is 27.2 Å². The van der Waals surface area contributed by atoms with E-state index in [2.05, 4.69) is 13.8 Å². The maximum absolute atomic E-state index is 12.3.